The Hall–Kier alpha value is -0.750. The van der Waals surface area contributed by atoms with Crippen LogP contribution in [0.5, 0.6) is 0 Å². The zero-order valence-corrected chi connectivity index (χ0v) is 15.0. The largest absolute Gasteiger partial charge is 0.382 e. The lowest BCUT2D eigenvalue weighted by Gasteiger charge is -2.35. The molecule has 0 spiro atoms. The third-order valence-electron chi connectivity index (χ3n) is 4.88. The Labute approximate surface area is 144 Å². The number of ether oxygens (including phenoxy) is 1. The van der Waals surface area contributed by atoms with Crippen molar-refractivity contribution in [3.8, 4) is 0 Å². The topological polar surface area (TPSA) is 27.7 Å². The van der Waals surface area contributed by atoms with Crippen LogP contribution in [-0.4, -0.2) is 74.6 Å². The first-order valence-corrected chi connectivity index (χ1v) is 9.99. The van der Waals surface area contributed by atoms with Crippen molar-refractivity contribution in [1.29, 1.82) is 0 Å². The van der Waals surface area contributed by atoms with Gasteiger partial charge in [0.05, 0.1) is 13.2 Å². The normalized spacial score (nSPS) is 21.4. The van der Waals surface area contributed by atoms with Crippen LogP contribution in [0.25, 0.3) is 0 Å². The highest BCUT2D eigenvalue weighted by Crippen LogP contribution is 2.20. The summed E-state index contributed by atoms with van der Waals surface area (Å²) in [6.45, 7) is 8.83. The number of hydrogen-bond acceptors (Lipinski definition) is 5. The molecule has 0 amide bonds. The van der Waals surface area contributed by atoms with Crippen LogP contribution in [0, 0.1) is 0 Å². The fourth-order valence-electron chi connectivity index (χ4n) is 3.33. The van der Waals surface area contributed by atoms with Gasteiger partial charge in [-0.2, -0.15) is 0 Å². The standard InChI is InChI=1S/C18H29N3OS/c1-23-18-4-2-16(3-5-18)19-17-6-8-20(9-7-17)10-11-21-12-14-22-15-13-21/h2-5,17,19H,6-15H2,1H3. The summed E-state index contributed by atoms with van der Waals surface area (Å²) in [5.41, 5.74) is 1.26. The molecule has 2 aliphatic heterocycles. The molecule has 3 rings (SSSR count). The molecule has 5 heteroatoms. The van der Waals surface area contributed by atoms with Gasteiger partial charge in [-0.1, -0.05) is 0 Å². The summed E-state index contributed by atoms with van der Waals surface area (Å²) in [7, 11) is 0. The Kier molecular flexibility index (Phi) is 6.63. The van der Waals surface area contributed by atoms with Crippen LogP contribution in [-0.2, 0) is 4.74 Å². The molecule has 2 heterocycles. The molecule has 2 aliphatic rings. The molecule has 0 saturated carbocycles. The highest BCUT2D eigenvalue weighted by Gasteiger charge is 2.20. The van der Waals surface area contributed by atoms with Gasteiger partial charge >= 0.3 is 0 Å². The van der Waals surface area contributed by atoms with Gasteiger partial charge in [-0.15, -0.1) is 11.8 Å². The van der Waals surface area contributed by atoms with E-state index in [9.17, 15) is 0 Å². The van der Waals surface area contributed by atoms with E-state index in [1.165, 1.54) is 49.6 Å². The van der Waals surface area contributed by atoms with E-state index in [2.05, 4.69) is 45.6 Å². The molecule has 2 saturated heterocycles. The smallest absolute Gasteiger partial charge is 0.0594 e. The lowest BCUT2D eigenvalue weighted by atomic mass is 10.0. The van der Waals surface area contributed by atoms with Crippen LogP contribution < -0.4 is 5.32 Å². The number of piperidine rings is 1. The van der Waals surface area contributed by atoms with Crippen molar-refractivity contribution in [1.82, 2.24) is 9.80 Å². The molecular weight excluding hydrogens is 306 g/mol. The molecule has 128 valence electrons. The maximum atomic E-state index is 5.41. The van der Waals surface area contributed by atoms with Crippen LogP contribution in [0.3, 0.4) is 0 Å². The summed E-state index contributed by atoms with van der Waals surface area (Å²) in [5, 5.41) is 3.70. The predicted molar refractivity (Wildman–Crippen MR) is 98.6 cm³/mol. The summed E-state index contributed by atoms with van der Waals surface area (Å²) in [5.74, 6) is 0. The minimum absolute atomic E-state index is 0.620. The molecule has 0 aliphatic carbocycles. The van der Waals surface area contributed by atoms with E-state index in [4.69, 9.17) is 4.74 Å². The molecule has 0 unspecified atom stereocenters. The van der Waals surface area contributed by atoms with Crippen molar-refractivity contribution in [2.75, 3.05) is 64.1 Å². The average molecular weight is 336 g/mol. The summed E-state index contributed by atoms with van der Waals surface area (Å²) >= 11 is 1.79. The first kappa shape index (κ1) is 17.1. The monoisotopic (exact) mass is 335 g/mol. The van der Waals surface area contributed by atoms with Gasteiger partial charge in [0.2, 0.25) is 0 Å². The predicted octanol–water partition coefficient (Wildman–Crippen LogP) is 2.62. The molecule has 0 atom stereocenters. The van der Waals surface area contributed by atoms with Gasteiger partial charge in [0.25, 0.3) is 0 Å². The highest BCUT2D eigenvalue weighted by molar-refractivity contribution is 7.98. The van der Waals surface area contributed by atoms with E-state index in [1.807, 2.05) is 0 Å². The number of benzene rings is 1. The molecule has 0 radical (unpaired) electrons. The van der Waals surface area contributed by atoms with Gasteiger partial charge in [0.1, 0.15) is 0 Å². The molecule has 1 N–H and O–H groups in total. The highest BCUT2D eigenvalue weighted by atomic mass is 32.2. The molecule has 1 aromatic rings. The van der Waals surface area contributed by atoms with Gasteiger partial charge < -0.3 is 15.0 Å². The van der Waals surface area contributed by atoms with Crippen molar-refractivity contribution >= 4 is 17.4 Å². The maximum absolute atomic E-state index is 5.41. The van der Waals surface area contributed by atoms with E-state index in [1.54, 1.807) is 11.8 Å². The van der Waals surface area contributed by atoms with Crippen molar-refractivity contribution in [2.24, 2.45) is 0 Å². The van der Waals surface area contributed by atoms with Gasteiger partial charge in [-0.05, 0) is 43.4 Å². The minimum atomic E-state index is 0.620. The molecule has 23 heavy (non-hydrogen) atoms. The van der Waals surface area contributed by atoms with Crippen molar-refractivity contribution < 1.29 is 4.74 Å². The molecule has 0 aromatic heterocycles. The van der Waals surface area contributed by atoms with Crippen LogP contribution in [0.15, 0.2) is 29.2 Å². The average Bonchev–Trinajstić information content (AvgIpc) is 2.63. The third kappa shape index (κ3) is 5.38. The van der Waals surface area contributed by atoms with Gasteiger partial charge in [0, 0.05) is 55.9 Å². The second-order valence-corrected chi connectivity index (χ2v) is 7.32. The molecule has 0 bridgehead atoms. The van der Waals surface area contributed by atoms with E-state index in [0.717, 1.165) is 26.3 Å². The van der Waals surface area contributed by atoms with Gasteiger partial charge in [0.15, 0.2) is 0 Å². The lowest BCUT2D eigenvalue weighted by molar-refractivity contribution is 0.0322. The number of likely N-dealkylation sites (tertiary alicyclic amines) is 1. The van der Waals surface area contributed by atoms with Crippen molar-refractivity contribution in [3.05, 3.63) is 24.3 Å². The third-order valence-corrected chi connectivity index (χ3v) is 5.63. The number of nitrogens with one attached hydrogen (secondary N) is 1. The molecular formula is C18H29N3OS. The fraction of sp³-hybridized carbons (Fsp3) is 0.667. The van der Waals surface area contributed by atoms with Crippen molar-refractivity contribution in [3.63, 3.8) is 0 Å². The SMILES string of the molecule is CSc1ccc(NC2CCN(CCN3CCOCC3)CC2)cc1. The van der Waals surface area contributed by atoms with Crippen LogP contribution >= 0.6 is 11.8 Å². The maximum Gasteiger partial charge on any atom is 0.0594 e. The number of hydrogen-bond donors (Lipinski definition) is 1. The first-order valence-electron chi connectivity index (χ1n) is 8.76. The second-order valence-electron chi connectivity index (χ2n) is 6.44. The zero-order valence-electron chi connectivity index (χ0n) is 14.2. The number of morpholine rings is 1. The number of anilines is 1. The second kappa shape index (κ2) is 8.92. The fourth-order valence-corrected chi connectivity index (χ4v) is 3.74. The van der Waals surface area contributed by atoms with Crippen molar-refractivity contribution in [2.45, 2.75) is 23.8 Å². The summed E-state index contributed by atoms with van der Waals surface area (Å²) in [6.07, 6.45) is 4.61. The number of rotatable bonds is 6. The van der Waals surface area contributed by atoms with E-state index >= 15 is 0 Å². The minimum Gasteiger partial charge on any atom is -0.382 e. The van der Waals surface area contributed by atoms with Gasteiger partial charge in [-0.3, -0.25) is 4.90 Å². The number of nitrogens with zero attached hydrogens (tertiary/aromatic N) is 2. The Balaban J connectivity index is 1.36. The molecule has 1 aromatic carbocycles. The van der Waals surface area contributed by atoms with E-state index < -0.39 is 0 Å². The molecule has 4 nitrogen and oxygen atoms in total. The summed E-state index contributed by atoms with van der Waals surface area (Å²) in [4.78, 5) is 6.47. The van der Waals surface area contributed by atoms with E-state index in [0.29, 0.717) is 6.04 Å². The summed E-state index contributed by atoms with van der Waals surface area (Å²) in [6, 6.07) is 9.43. The number of thioether (sulfide) groups is 1. The zero-order chi connectivity index (χ0) is 15.9. The Morgan fingerprint density at radius 3 is 2.22 bits per heavy atom. The van der Waals surface area contributed by atoms with Crippen LogP contribution in [0.1, 0.15) is 12.8 Å². The Morgan fingerprint density at radius 1 is 1.00 bits per heavy atom. The first-order chi connectivity index (χ1) is 11.3. The van der Waals surface area contributed by atoms with Crippen LogP contribution in [0.4, 0.5) is 5.69 Å². The Bertz CT molecular complexity index is 454. The quantitative estimate of drug-likeness (QED) is 0.807. The summed E-state index contributed by atoms with van der Waals surface area (Å²) < 4.78 is 5.41. The van der Waals surface area contributed by atoms with Gasteiger partial charge in [-0.25, -0.2) is 0 Å². The van der Waals surface area contributed by atoms with Crippen LogP contribution in [0.2, 0.25) is 0 Å². The van der Waals surface area contributed by atoms with E-state index in [-0.39, 0.29) is 0 Å². The molecule has 2 fully saturated rings. The lowest BCUT2D eigenvalue weighted by Crippen LogP contribution is -2.45. The Morgan fingerprint density at radius 2 is 1.61 bits per heavy atom.